The van der Waals surface area contributed by atoms with E-state index in [0.29, 0.717) is 23.0 Å². The van der Waals surface area contributed by atoms with Gasteiger partial charge in [-0.15, -0.1) is 6.42 Å². The molecule has 3 aromatic carbocycles. The van der Waals surface area contributed by atoms with Crippen molar-refractivity contribution in [3.8, 4) is 29.2 Å². The third-order valence-electron chi connectivity index (χ3n) is 5.92. The molecule has 0 bridgehead atoms. The highest BCUT2D eigenvalue weighted by molar-refractivity contribution is 6.58. The first kappa shape index (κ1) is 22.7. The van der Waals surface area contributed by atoms with Crippen LogP contribution in [0.5, 0.6) is 5.75 Å². The minimum atomic E-state index is -1.54. The predicted octanol–water partition coefficient (Wildman–Crippen LogP) is 4.42. The van der Waals surface area contributed by atoms with Crippen LogP contribution in [-0.4, -0.2) is 23.8 Å². The second-order valence-corrected chi connectivity index (χ2v) is 7.92. The van der Waals surface area contributed by atoms with Gasteiger partial charge in [0.25, 0.3) is 0 Å². The van der Waals surface area contributed by atoms with Crippen LogP contribution in [0.25, 0.3) is 11.1 Å². The van der Waals surface area contributed by atoms with Crippen LogP contribution >= 0.6 is 0 Å². The van der Waals surface area contributed by atoms with E-state index in [2.05, 4.69) is 68.3 Å². The van der Waals surface area contributed by atoms with Crippen molar-refractivity contribution in [1.82, 2.24) is 0 Å². The van der Waals surface area contributed by atoms with Gasteiger partial charge in [-0.1, -0.05) is 92.9 Å². The molecule has 2 N–H and O–H groups in total. The van der Waals surface area contributed by atoms with Gasteiger partial charge in [0, 0.05) is 0 Å². The van der Waals surface area contributed by atoms with Crippen molar-refractivity contribution in [3.63, 3.8) is 0 Å². The highest BCUT2D eigenvalue weighted by Gasteiger charge is 2.22. The Labute approximate surface area is 185 Å². The Morgan fingerprint density at radius 2 is 1.65 bits per heavy atom. The van der Waals surface area contributed by atoms with Crippen LogP contribution in [0, 0.1) is 18.3 Å². The summed E-state index contributed by atoms with van der Waals surface area (Å²) in [5, 5.41) is 19.1. The molecule has 0 radical (unpaired) electrons. The van der Waals surface area contributed by atoms with Crippen LogP contribution in [0.1, 0.15) is 37.3 Å². The number of benzene rings is 3. The SMILES string of the molecule is C#CCOc1cc(B(O)O)ccc1CC(c1ccc(-c2ccccc2)cc1)C(C)CC. The maximum Gasteiger partial charge on any atom is 0.488 e. The molecule has 0 aliphatic rings. The van der Waals surface area contributed by atoms with E-state index >= 15 is 0 Å². The van der Waals surface area contributed by atoms with Gasteiger partial charge in [-0.05, 0) is 52.0 Å². The van der Waals surface area contributed by atoms with E-state index < -0.39 is 7.12 Å². The molecule has 0 aliphatic heterocycles. The highest BCUT2D eigenvalue weighted by Crippen LogP contribution is 2.34. The Morgan fingerprint density at radius 1 is 0.968 bits per heavy atom. The summed E-state index contributed by atoms with van der Waals surface area (Å²) in [7, 11) is -1.54. The number of ether oxygens (including phenoxy) is 1. The first-order valence-corrected chi connectivity index (χ1v) is 10.7. The van der Waals surface area contributed by atoms with Gasteiger partial charge in [0.05, 0.1) is 0 Å². The summed E-state index contributed by atoms with van der Waals surface area (Å²) >= 11 is 0. The maximum atomic E-state index is 9.53. The number of hydrogen-bond donors (Lipinski definition) is 2. The lowest BCUT2D eigenvalue weighted by molar-refractivity contribution is 0.360. The van der Waals surface area contributed by atoms with E-state index in [1.54, 1.807) is 12.1 Å². The lowest BCUT2D eigenvalue weighted by Gasteiger charge is -2.25. The molecule has 4 heteroatoms. The van der Waals surface area contributed by atoms with Crippen molar-refractivity contribution >= 4 is 12.6 Å². The summed E-state index contributed by atoms with van der Waals surface area (Å²) in [5.41, 5.74) is 5.09. The third kappa shape index (κ3) is 5.79. The van der Waals surface area contributed by atoms with Gasteiger partial charge in [-0.2, -0.15) is 0 Å². The van der Waals surface area contributed by atoms with E-state index in [4.69, 9.17) is 11.2 Å². The van der Waals surface area contributed by atoms with Gasteiger partial charge >= 0.3 is 7.12 Å². The van der Waals surface area contributed by atoms with Crippen molar-refractivity contribution in [2.45, 2.75) is 32.6 Å². The molecule has 2 atom stereocenters. The zero-order valence-corrected chi connectivity index (χ0v) is 18.2. The Balaban J connectivity index is 1.91. The number of terminal acetylenes is 1. The Hall–Kier alpha value is -3.00. The van der Waals surface area contributed by atoms with Crippen LogP contribution in [0.3, 0.4) is 0 Å². The minimum Gasteiger partial charge on any atom is -0.481 e. The molecule has 0 saturated carbocycles. The molecular weight excluding hydrogens is 383 g/mol. The molecule has 0 fully saturated rings. The van der Waals surface area contributed by atoms with Gasteiger partial charge in [0.2, 0.25) is 0 Å². The second-order valence-electron chi connectivity index (χ2n) is 7.92. The Morgan fingerprint density at radius 3 is 2.26 bits per heavy atom. The lowest BCUT2D eigenvalue weighted by Crippen LogP contribution is -2.30. The van der Waals surface area contributed by atoms with Crippen molar-refractivity contribution in [3.05, 3.63) is 83.9 Å². The summed E-state index contributed by atoms with van der Waals surface area (Å²) in [6, 6.07) is 24.5. The zero-order valence-electron chi connectivity index (χ0n) is 18.2. The van der Waals surface area contributed by atoms with Crippen LogP contribution in [0.4, 0.5) is 0 Å². The smallest absolute Gasteiger partial charge is 0.481 e. The molecule has 0 spiro atoms. The summed E-state index contributed by atoms with van der Waals surface area (Å²) in [6.45, 7) is 4.61. The van der Waals surface area contributed by atoms with Crippen molar-refractivity contribution < 1.29 is 14.8 Å². The Bertz CT molecular complexity index is 1010. The summed E-state index contributed by atoms with van der Waals surface area (Å²) in [5.74, 6) is 3.86. The zero-order chi connectivity index (χ0) is 22.2. The van der Waals surface area contributed by atoms with Gasteiger partial charge in [0.15, 0.2) is 0 Å². The summed E-state index contributed by atoms with van der Waals surface area (Å²) < 4.78 is 5.75. The molecule has 31 heavy (non-hydrogen) atoms. The lowest BCUT2D eigenvalue weighted by atomic mass is 9.77. The molecule has 3 nitrogen and oxygen atoms in total. The molecule has 3 rings (SSSR count). The minimum absolute atomic E-state index is 0.137. The van der Waals surface area contributed by atoms with Crippen LogP contribution in [-0.2, 0) is 6.42 Å². The molecule has 158 valence electrons. The fourth-order valence-corrected chi connectivity index (χ4v) is 3.88. The van der Waals surface area contributed by atoms with Gasteiger partial charge < -0.3 is 14.8 Å². The van der Waals surface area contributed by atoms with Crippen LogP contribution in [0.2, 0.25) is 0 Å². The van der Waals surface area contributed by atoms with Crippen molar-refractivity contribution in [2.75, 3.05) is 6.61 Å². The maximum absolute atomic E-state index is 9.53. The average Bonchev–Trinajstić information content (AvgIpc) is 2.81. The van der Waals surface area contributed by atoms with Gasteiger partial charge in [0.1, 0.15) is 12.4 Å². The first-order chi connectivity index (χ1) is 15.0. The van der Waals surface area contributed by atoms with E-state index in [-0.39, 0.29) is 6.61 Å². The fraction of sp³-hybridized carbons (Fsp3) is 0.259. The fourth-order valence-electron chi connectivity index (χ4n) is 3.88. The monoisotopic (exact) mass is 412 g/mol. The molecule has 2 unspecified atom stereocenters. The molecule has 3 aromatic rings. The summed E-state index contributed by atoms with van der Waals surface area (Å²) in [4.78, 5) is 0. The molecule has 0 aromatic heterocycles. The predicted molar refractivity (Wildman–Crippen MR) is 128 cm³/mol. The largest absolute Gasteiger partial charge is 0.488 e. The van der Waals surface area contributed by atoms with E-state index in [1.165, 1.54) is 16.7 Å². The molecule has 0 saturated heterocycles. The molecule has 0 amide bonds. The first-order valence-electron chi connectivity index (χ1n) is 10.7. The normalized spacial score (nSPS) is 12.6. The number of hydrogen-bond acceptors (Lipinski definition) is 3. The third-order valence-corrected chi connectivity index (χ3v) is 5.92. The molecule has 0 heterocycles. The standard InChI is InChI=1S/C27H29BO3/c1-4-17-31-27-19-25(28(29)30)16-15-24(27)18-26(20(3)5-2)23-13-11-22(12-14-23)21-9-7-6-8-10-21/h1,6-16,19-20,26,29-30H,5,17-18H2,2-3H3. The van der Waals surface area contributed by atoms with Crippen LogP contribution < -0.4 is 10.2 Å². The number of rotatable bonds is 9. The van der Waals surface area contributed by atoms with E-state index in [1.807, 2.05) is 12.1 Å². The second kappa shape index (κ2) is 10.9. The van der Waals surface area contributed by atoms with Gasteiger partial charge in [-0.25, -0.2) is 0 Å². The topological polar surface area (TPSA) is 49.7 Å². The molecular formula is C27H29BO3. The van der Waals surface area contributed by atoms with Crippen LogP contribution in [0.15, 0.2) is 72.8 Å². The van der Waals surface area contributed by atoms with E-state index in [9.17, 15) is 10.0 Å². The van der Waals surface area contributed by atoms with Crippen molar-refractivity contribution in [2.24, 2.45) is 5.92 Å². The summed E-state index contributed by atoms with van der Waals surface area (Å²) in [6.07, 6.45) is 7.21. The van der Waals surface area contributed by atoms with Gasteiger partial charge in [-0.3, -0.25) is 0 Å². The highest BCUT2D eigenvalue weighted by atomic mass is 16.5. The quantitative estimate of drug-likeness (QED) is 0.404. The van der Waals surface area contributed by atoms with Crippen molar-refractivity contribution in [1.29, 1.82) is 0 Å². The van der Waals surface area contributed by atoms with E-state index in [0.717, 1.165) is 18.4 Å². The molecule has 0 aliphatic carbocycles. The Kier molecular flexibility index (Phi) is 7.95. The average molecular weight is 412 g/mol.